The molecular weight excluding hydrogens is 238 g/mol. The van der Waals surface area contributed by atoms with Crippen molar-refractivity contribution in [2.24, 2.45) is 0 Å². The summed E-state index contributed by atoms with van der Waals surface area (Å²) in [5.74, 6) is 0.358. The van der Waals surface area contributed by atoms with E-state index >= 15 is 0 Å². The summed E-state index contributed by atoms with van der Waals surface area (Å²) < 4.78 is 0. The molecule has 0 aromatic carbocycles. The molecule has 0 saturated carbocycles. The molecule has 3 rings (SSSR count). The predicted molar refractivity (Wildman–Crippen MR) is 76.0 cm³/mol. The van der Waals surface area contributed by atoms with Gasteiger partial charge in [0.2, 0.25) is 5.91 Å². The number of carbonyl (C=O) groups excluding carboxylic acids is 1. The highest BCUT2D eigenvalue weighted by molar-refractivity contribution is 5.82. The maximum Gasteiger partial charge on any atom is 0.239 e. The lowest BCUT2D eigenvalue weighted by Crippen LogP contribution is -2.60. The van der Waals surface area contributed by atoms with E-state index in [1.165, 1.54) is 38.6 Å². The van der Waals surface area contributed by atoms with E-state index in [1.54, 1.807) is 0 Å². The second-order valence-electron chi connectivity index (χ2n) is 6.52. The van der Waals surface area contributed by atoms with Crippen LogP contribution in [0.3, 0.4) is 0 Å². The van der Waals surface area contributed by atoms with Crippen LogP contribution in [0.15, 0.2) is 0 Å². The van der Waals surface area contributed by atoms with Gasteiger partial charge in [0.05, 0.1) is 6.04 Å². The molecule has 0 aliphatic carbocycles. The first kappa shape index (κ1) is 13.4. The second kappa shape index (κ2) is 5.80. The van der Waals surface area contributed by atoms with Crippen LogP contribution in [0.4, 0.5) is 0 Å². The van der Waals surface area contributed by atoms with Crippen LogP contribution in [0.1, 0.15) is 45.4 Å². The number of carbonyl (C=O) groups is 1. The van der Waals surface area contributed by atoms with Gasteiger partial charge >= 0.3 is 0 Å². The highest BCUT2D eigenvalue weighted by atomic mass is 16.2. The number of hydrogen-bond donors (Lipinski definition) is 1. The highest BCUT2D eigenvalue weighted by Crippen LogP contribution is 2.22. The summed E-state index contributed by atoms with van der Waals surface area (Å²) in [6.45, 7) is 6.41. The lowest BCUT2D eigenvalue weighted by Gasteiger charge is -2.45. The Morgan fingerprint density at radius 1 is 1.05 bits per heavy atom. The largest absolute Gasteiger partial charge is 0.338 e. The summed E-state index contributed by atoms with van der Waals surface area (Å²) in [4.78, 5) is 17.3. The Kier molecular flexibility index (Phi) is 4.08. The van der Waals surface area contributed by atoms with E-state index in [0.29, 0.717) is 18.0 Å². The maximum atomic E-state index is 12.6. The zero-order valence-electron chi connectivity index (χ0n) is 12.1. The van der Waals surface area contributed by atoms with Crippen molar-refractivity contribution in [1.82, 2.24) is 15.1 Å². The Morgan fingerprint density at radius 3 is 2.79 bits per heavy atom. The van der Waals surface area contributed by atoms with Gasteiger partial charge in [-0.2, -0.15) is 0 Å². The molecule has 108 valence electrons. The van der Waals surface area contributed by atoms with Gasteiger partial charge in [-0.3, -0.25) is 9.69 Å². The summed E-state index contributed by atoms with van der Waals surface area (Å²) in [5.41, 5.74) is 0. The third kappa shape index (κ3) is 2.95. The quantitative estimate of drug-likeness (QED) is 0.774. The van der Waals surface area contributed by atoms with E-state index in [2.05, 4.69) is 22.0 Å². The number of nitrogens with zero attached hydrogens (tertiary/aromatic N) is 2. The Labute approximate surface area is 116 Å². The molecule has 3 unspecified atom stereocenters. The fourth-order valence-electron chi connectivity index (χ4n) is 3.91. The van der Waals surface area contributed by atoms with Crippen LogP contribution in [-0.2, 0) is 4.79 Å². The molecule has 0 spiro atoms. The Morgan fingerprint density at radius 2 is 1.95 bits per heavy atom. The second-order valence-corrected chi connectivity index (χ2v) is 6.52. The van der Waals surface area contributed by atoms with Crippen LogP contribution in [0.25, 0.3) is 0 Å². The minimum Gasteiger partial charge on any atom is -0.338 e. The van der Waals surface area contributed by atoms with Crippen LogP contribution in [-0.4, -0.2) is 60.0 Å². The summed E-state index contributed by atoms with van der Waals surface area (Å²) >= 11 is 0. The molecule has 3 saturated heterocycles. The van der Waals surface area contributed by atoms with Crippen molar-refractivity contribution in [3.63, 3.8) is 0 Å². The smallest absolute Gasteiger partial charge is 0.239 e. The molecule has 4 heteroatoms. The van der Waals surface area contributed by atoms with Gasteiger partial charge in [0.1, 0.15) is 0 Å². The van der Waals surface area contributed by atoms with Gasteiger partial charge in [0.25, 0.3) is 0 Å². The average Bonchev–Trinajstić information content (AvgIpc) is 2.46. The number of fused-ring (bicyclic) bond motifs is 1. The molecule has 3 fully saturated rings. The standard InChI is InChI=1S/C15H27N3O/c1-12-5-4-7-14(16-12)15(19)18-10-9-17-8-3-2-6-13(17)11-18/h12-14,16H,2-11H2,1H3. The fraction of sp³-hybridized carbons (Fsp3) is 0.933. The van der Waals surface area contributed by atoms with Gasteiger partial charge in [-0.25, -0.2) is 0 Å². The highest BCUT2D eigenvalue weighted by Gasteiger charge is 2.34. The summed E-state index contributed by atoms with van der Waals surface area (Å²) in [7, 11) is 0. The van der Waals surface area contributed by atoms with Gasteiger partial charge in [-0.15, -0.1) is 0 Å². The molecule has 0 radical (unpaired) electrons. The van der Waals surface area contributed by atoms with Gasteiger partial charge < -0.3 is 10.2 Å². The molecule has 1 N–H and O–H groups in total. The molecule has 3 aliphatic heterocycles. The van der Waals surface area contributed by atoms with Gasteiger partial charge in [-0.05, 0) is 45.6 Å². The van der Waals surface area contributed by atoms with Crippen molar-refractivity contribution in [1.29, 1.82) is 0 Å². The van der Waals surface area contributed by atoms with Crippen molar-refractivity contribution in [3.8, 4) is 0 Å². The number of piperazine rings is 1. The van der Waals surface area contributed by atoms with Crippen molar-refractivity contribution in [3.05, 3.63) is 0 Å². The van der Waals surface area contributed by atoms with Gasteiger partial charge in [-0.1, -0.05) is 6.42 Å². The molecule has 3 heterocycles. The van der Waals surface area contributed by atoms with E-state index in [9.17, 15) is 4.79 Å². The van der Waals surface area contributed by atoms with Crippen LogP contribution in [0, 0.1) is 0 Å². The number of piperidine rings is 2. The zero-order chi connectivity index (χ0) is 13.2. The van der Waals surface area contributed by atoms with Crippen molar-refractivity contribution in [2.45, 2.75) is 63.6 Å². The van der Waals surface area contributed by atoms with E-state index < -0.39 is 0 Å². The Balaban J connectivity index is 1.58. The normalized spacial score (nSPS) is 36.9. The lowest BCUT2D eigenvalue weighted by molar-refractivity contribution is -0.137. The van der Waals surface area contributed by atoms with E-state index in [4.69, 9.17) is 0 Å². The molecule has 1 amide bonds. The average molecular weight is 265 g/mol. The molecule has 3 atom stereocenters. The summed E-state index contributed by atoms with van der Waals surface area (Å²) in [6.07, 6.45) is 7.37. The molecule has 4 nitrogen and oxygen atoms in total. The summed E-state index contributed by atoms with van der Waals surface area (Å²) in [6, 6.07) is 1.21. The zero-order valence-corrected chi connectivity index (χ0v) is 12.1. The number of nitrogens with one attached hydrogen (secondary N) is 1. The van der Waals surface area contributed by atoms with Crippen LogP contribution in [0.2, 0.25) is 0 Å². The monoisotopic (exact) mass is 265 g/mol. The lowest BCUT2D eigenvalue weighted by atomic mass is 9.96. The van der Waals surface area contributed by atoms with Crippen molar-refractivity contribution in [2.75, 3.05) is 26.2 Å². The van der Waals surface area contributed by atoms with Gasteiger partial charge in [0.15, 0.2) is 0 Å². The SMILES string of the molecule is CC1CCCC(C(=O)N2CCN3CCCCC3C2)N1. The van der Waals surface area contributed by atoms with Crippen molar-refractivity contribution >= 4 is 5.91 Å². The molecule has 19 heavy (non-hydrogen) atoms. The molecule has 0 aromatic rings. The van der Waals surface area contributed by atoms with E-state index in [-0.39, 0.29) is 6.04 Å². The first-order chi connectivity index (χ1) is 9.24. The maximum absolute atomic E-state index is 12.6. The summed E-state index contributed by atoms with van der Waals surface area (Å²) in [5, 5.41) is 3.48. The molecule has 3 aliphatic rings. The third-order valence-electron chi connectivity index (χ3n) is 5.06. The Bertz CT molecular complexity index is 333. The number of rotatable bonds is 1. The van der Waals surface area contributed by atoms with E-state index in [0.717, 1.165) is 26.1 Å². The number of amides is 1. The Hall–Kier alpha value is -0.610. The number of hydrogen-bond acceptors (Lipinski definition) is 3. The minimum atomic E-state index is 0.0823. The predicted octanol–water partition coefficient (Wildman–Crippen LogP) is 1.21. The van der Waals surface area contributed by atoms with Crippen molar-refractivity contribution < 1.29 is 4.79 Å². The fourth-order valence-corrected chi connectivity index (χ4v) is 3.91. The molecular formula is C15H27N3O. The van der Waals surface area contributed by atoms with Crippen LogP contribution < -0.4 is 5.32 Å². The molecule has 0 bridgehead atoms. The van der Waals surface area contributed by atoms with Gasteiger partial charge in [0, 0.05) is 31.7 Å². The van der Waals surface area contributed by atoms with Crippen LogP contribution in [0.5, 0.6) is 0 Å². The third-order valence-corrected chi connectivity index (χ3v) is 5.06. The van der Waals surface area contributed by atoms with Crippen LogP contribution >= 0.6 is 0 Å². The first-order valence-corrected chi connectivity index (χ1v) is 8.03. The first-order valence-electron chi connectivity index (χ1n) is 8.03. The minimum absolute atomic E-state index is 0.0823. The van der Waals surface area contributed by atoms with E-state index in [1.807, 2.05) is 0 Å². The topological polar surface area (TPSA) is 35.6 Å². The molecule has 0 aromatic heterocycles.